The molecule has 2 aromatic heterocycles. The van der Waals surface area contributed by atoms with Crippen molar-refractivity contribution >= 4 is 11.8 Å². The maximum absolute atomic E-state index is 9.09. The van der Waals surface area contributed by atoms with E-state index in [0.29, 0.717) is 5.92 Å². The molecule has 96 valence electrons. The van der Waals surface area contributed by atoms with Crippen molar-refractivity contribution in [3.05, 3.63) is 23.5 Å². The van der Waals surface area contributed by atoms with Gasteiger partial charge in [-0.2, -0.15) is 5.10 Å². The van der Waals surface area contributed by atoms with E-state index in [0.717, 1.165) is 28.3 Å². The van der Waals surface area contributed by atoms with E-state index in [1.807, 2.05) is 11.6 Å². The summed E-state index contributed by atoms with van der Waals surface area (Å²) in [5, 5.41) is 17.2. The molecule has 0 unspecified atom stereocenters. The van der Waals surface area contributed by atoms with Gasteiger partial charge >= 0.3 is 0 Å². The van der Waals surface area contributed by atoms with Crippen molar-refractivity contribution in [2.75, 3.05) is 0 Å². The van der Waals surface area contributed by atoms with Gasteiger partial charge in [-0.25, -0.2) is 9.97 Å². The van der Waals surface area contributed by atoms with Crippen molar-refractivity contribution < 1.29 is 5.11 Å². The summed E-state index contributed by atoms with van der Waals surface area (Å²) < 4.78 is 1.89. The van der Waals surface area contributed by atoms with Crippen molar-refractivity contribution in [1.82, 2.24) is 24.7 Å². The topological polar surface area (TPSA) is 79.6 Å². The Morgan fingerprint density at radius 2 is 2.39 bits per heavy atom. The van der Waals surface area contributed by atoms with Crippen LogP contribution >= 0.6 is 11.8 Å². The van der Waals surface area contributed by atoms with Gasteiger partial charge in [-0.15, -0.1) is 0 Å². The monoisotopic (exact) mass is 265 g/mol. The third-order valence-electron chi connectivity index (χ3n) is 3.03. The normalized spacial score (nSPS) is 15.2. The van der Waals surface area contributed by atoms with E-state index in [1.54, 1.807) is 18.0 Å². The molecular formula is C11H15N5OS. The summed E-state index contributed by atoms with van der Waals surface area (Å²) >= 11 is 1.59. The molecule has 0 saturated heterocycles. The smallest absolute Gasteiger partial charge is 0.168 e. The molecule has 1 aliphatic rings. The lowest BCUT2D eigenvalue weighted by molar-refractivity contribution is 0.271. The van der Waals surface area contributed by atoms with E-state index in [-0.39, 0.29) is 6.61 Å². The molecule has 7 heteroatoms. The molecule has 0 atom stereocenters. The van der Waals surface area contributed by atoms with E-state index in [2.05, 4.69) is 20.2 Å². The van der Waals surface area contributed by atoms with Gasteiger partial charge in [-0.1, -0.05) is 11.8 Å². The zero-order chi connectivity index (χ0) is 12.5. The lowest BCUT2D eigenvalue weighted by atomic mass is 10.4. The second kappa shape index (κ2) is 4.74. The van der Waals surface area contributed by atoms with E-state index >= 15 is 0 Å². The molecular weight excluding hydrogens is 250 g/mol. The highest BCUT2D eigenvalue weighted by atomic mass is 32.2. The molecule has 18 heavy (non-hydrogen) atoms. The van der Waals surface area contributed by atoms with Gasteiger partial charge in [0.05, 0.1) is 24.3 Å². The molecule has 1 saturated carbocycles. The number of aliphatic hydroxyl groups is 1. The van der Waals surface area contributed by atoms with Gasteiger partial charge < -0.3 is 9.67 Å². The van der Waals surface area contributed by atoms with Gasteiger partial charge in [0.1, 0.15) is 5.82 Å². The number of imidazole rings is 1. The van der Waals surface area contributed by atoms with Gasteiger partial charge in [0.2, 0.25) is 0 Å². The minimum atomic E-state index is 0.0121. The fraction of sp³-hybridized carbons (Fsp3) is 0.545. The zero-order valence-corrected chi connectivity index (χ0v) is 10.9. The van der Waals surface area contributed by atoms with E-state index in [1.165, 1.54) is 12.8 Å². The van der Waals surface area contributed by atoms with Crippen molar-refractivity contribution in [1.29, 1.82) is 0 Å². The fourth-order valence-electron chi connectivity index (χ4n) is 1.74. The average molecular weight is 265 g/mol. The Bertz CT molecular complexity index is 545. The number of aliphatic hydroxyl groups excluding tert-OH is 1. The number of rotatable bonds is 5. The van der Waals surface area contributed by atoms with E-state index < -0.39 is 0 Å². The largest absolute Gasteiger partial charge is 0.390 e. The van der Waals surface area contributed by atoms with Crippen molar-refractivity contribution in [3.63, 3.8) is 0 Å². The number of aromatic amines is 1. The molecule has 0 amide bonds. The number of H-pyrrole nitrogens is 1. The second-order valence-corrected chi connectivity index (χ2v) is 5.39. The van der Waals surface area contributed by atoms with Gasteiger partial charge in [0, 0.05) is 13.0 Å². The predicted octanol–water partition coefficient (Wildman–Crippen LogP) is 1.20. The molecule has 2 aromatic rings. The number of hydrogen-bond acceptors (Lipinski definition) is 5. The lowest BCUT2D eigenvalue weighted by Gasteiger charge is -2.02. The molecule has 1 aliphatic carbocycles. The Morgan fingerprint density at radius 1 is 1.56 bits per heavy atom. The molecule has 6 nitrogen and oxygen atoms in total. The number of nitrogens with one attached hydrogen (secondary N) is 1. The first-order valence-electron chi connectivity index (χ1n) is 5.93. The third kappa shape index (κ3) is 2.28. The van der Waals surface area contributed by atoms with Gasteiger partial charge in [-0.05, 0) is 12.8 Å². The standard InChI is InChI=1S/C11H15N5OS/c1-16-8(5-17)4-12-11(16)18-6-9-13-10(15-14-9)7-2-3-7/h4,7,17H,2-3,5-6H2,1H3,(H,13,14,15). The Labute approximate surface area is 109 Å². The third-order valence-corrected chi connectivity index (χ3v) is 4.09. The van der Waals surface area contributed by atoms with Crippen LogP contribution in [0.15, 0.2) is 11.4 Å². The van der Waals surface area contributed by atoms with E-state index in [4.69, 9.17) is 5.11 Å². The van der Waals surface area contributed by atoms with Crippen LogP contribution in [0.25, 0.3) is 0 Å². The highest BCUT2D eigenvalue weighted by Crippen LogP contribution is 2.38. The number of aromatic nitrogens is 5. The van der Waals surface area contributed by atoms with Gasteiger partial charge in [-0.3, -0.25) is 5.10 Å². The summed E-state index contributed by atoms with van der Waals surface area (Å²) in [4.78, 5) is 8.73. The van der Waals surface area contributed by atoms with Gasteiger partial charge in [0.25, 0.3) is 0 Å². The first-order valence-corrected chi connectivity index (χ1v) is 6.92. The second-order valence-electron chi connectivity index (χ2n) is 4.45. The van der Waals surface area contributed by atoms with Crippen LogP contribution in [-0.4, -0.2) is 29.8 Å². The van der Waals surface area contributed by atoms with Crippen LogP contribution in [-0.2, 0) is 19.4 Å². The summed E-state index contributed by atoms with van der Waals surface area (Å²) in [6.07, 6.45) is 4.12. The molecule has 2 N–H and O–H groups in total. The quantitative estimate of drug-likeness (QED) is 0.794. The minimum absolute atomic E-state index is 0.0121. The van der Waals surface area contributed by atoms with Crippen LogP contribution in [0, 0.1) is 0 Å². The van der Waals surface area contributed by atoms with E-state index in [9.17, 15) is 0 Å². The van der Waals surface area contributed by atoms with Crippen LogP contribution in [0.2, 0.25) is 0 Å². The first kappa shape index (κ1) is 11.7. The van der Waals surface area contributed by atoms with Gasteiger partial charge in [0.15, 0.2) is 11.0 Å². The predicted molar refractivity (Wildman–Crippen MR) is 67.0 cm³/mol. The molecule has 2 heterocycles. The fourth-order valence-corrected chi connectivity index (χ4v) is 2.57. The molecule has 3 rings (SSSR count). The number of nitrogens with zero attached hydrogens (tertiary/aromatic N) is 4. The zero-order valence-electron chi connectivity index (χ0n) is 10.1. The van der Waals surface area contributed by atoms with Crippen molar-refractivity contribution in [2.24, 2.45) is 7.05 Å². The molecule has 0 aliphatic heterocycles. The maximum atomic E-state index is 9.09. The summed E-state index contributed by atoms with van der Waals surface area (Å²) in [6, 6.07) is 0. The lowest BCUT2D eigenvalue weighted by Crippen LogP contribution is -1.97. The Kier molecular flexibility index (Phi) is 3.09. The van der Waals surface area contributed by atoms with Crippen LogP contribution in [0.3, 0.4) is 0 Å². The summed E-state index contributed by atoms with van der Waals surface area (Å²) in [5.41, 5.74) is 0.814. The number of hydrogen-bond donors (Lipinski definition) is 2. The molecule has 1 fully saturated rings. The first-order chi connectivity index (χ1) is 8.78. The molecule has 0 radical (unpaired) electrons. The van der Waals surface area contributed by atoms with Crippen LogP contribution in [0.4, 0.5) is 0 Å². The van der Waals surface area contributed by atoms with Crippen molar-refractivity contribution in [2.45, 2.75) is 36.3 Å². The molecule has 0 bridgehead atoms. The SMILES string of the molecule is Cn1c(CO)cnc1SCc1nc(C2CC2)n[nH]1. The van der Waals surface area contributed by atoms with Crippen LogP contribution in [0.5, 0.6) is 0 Å². The summed E-state index contributed by atoms with van der Waals surface area (Å²) in [6.45, 7) is 0.0121. The minimum Gasteiger partial charge on any atom is -0.390 e. The van der Waals surface area contributed by atoms with Crippen LogP contribution in [0.1, 0.15) is 36.1 Å². The maximum Gasteiger partial charge on any atom is 0.168 e. The molecule has 0 spiro atoms. The summed E-state index contributed by atoms with van der Waals surface area (Å²) in [7, 11) is 1.90. The van der Waals surface area contributed by atoms with Crippen LogP contribution < -0.4 is 0 Å². The highest BCUT2D eigenvalue weighted by Gasteiger charge is 2.27. The average Bonchev–Trinajstić information content (AvgIpc) is 3.02. The number of thioether (sulfide) groups is 1. The Morgan fingerprint density at radius 3 is 3.06 bits per heavy atom. The Balaban J connectivity index is 1.63. The highest BCUT2D eigenvalue weighted by molar-refractivity contribution is 7.98. The summed E-state index contributed by atoms with van der Waals surface area (Å²) in [5.74, 6) is 3.13. The van der Waals surface area contributed by atoms with Crippen molar-refractivity contribution in [3.8, 4) is 0 Å². The molecule has 0 aromatic carbocycles. The Hall–Kier alpha value is -1.34.